The second kappa shape index (κ2) is 4.16. The van der Waals surface area contributed by atoms with Crippen LogP contribution in [0, 0.1) is 24.7 Å². The predicted molar refractivity (Wildman–Crippen MR) is 73.1 cm³/mol. The van der Waals surface area contributed by atoms with E-state index in [1.807, 2.05) is 25.1 Å². The van der Waals surface area contributed by atoms with E-state index >= 15 is 0 Å². The minimum atomic E-state index is 0.115. The molecular weight excluding hydrogens is 224 g/mol. The molecule has 1 amide bonds. The standard InChI is InChI=1S/C15H18N2O/c1-9-2-5-13(16)14(6-9)17-15(18)12-8-10-3-4-11(12)7-10/h2-6,10-12H,7-8,16H2,1H3,(H,17,18). The molecule has 0 aliphatic heterocycles. The zero-order valence-corrected chi connectivity index (χ0v) is 10.5. The first kappa shape index (κ1) is 11.3. The van der Waals surface area contributed by atoms with Gasteiger partial charge in [0, 0.05) is 5.92 Å². The Labute approximate surface area is 107 Å². The third-order valence-electron chi connectivity index (χ3n) is 4.08. The molecule has 3 atom stereocenters. The van der Waals surface area contributed by atoms with Gasteiger partial charge in [-0.15, -0.1) is 0 Å². The molecule has 3 rings (SSSR count). The largest absolute Gasteiger partial charge is 0.397 e. The molecule has 3 unspecified atom stereocenters. The van der Waals surface area contributed by atoms with Crippen LogP contribution in [0.1, 0.15) is 18.4 Å². The second-order valence-corrected chi connectivity index (χ2v) is 5.47. The Morgan fingerprint density at radius 2 is 2.17 bits per heavy atom. The quantitative estimate of drug-likeness (QED) is 0.619. The van der Waals surface area contributed by atoms with E-state index in [1.165, 1.54) is 0 Å². The number of rotatable bonds is 2. The lowest BCUT2D eigenvalue weighted by Gasteiger charge is -2.18. The molecular formula is C15H18N2O. The highest BCUT2D eigenvalue weighted by Gasteiger charge is 2.39. The Morgan fingerprint density at radius 1 is 1.33 bits per heavy atom. The molecule has 0 heterocycles. The molecule has 2 aliphatic carbocycles. The molecule has 3 nitrogen and oxygen atoms in total. The van der Waals surface area contributed by atoms with Crippen molar-refractivity contribution in [3.63, 3.8) is 0 Å². The van der Waals surface area contributed by atoms with Gasteiger partial charge in [0.15, 0.2) is 0 Å². The first-order valence-corrected chi connectivity index (χ1v) is 6.49. The van der Waals surface area contributed by atoms with E-state index in [0.717, 1.165) is 24.1 Å². The van der Waals surface area contributed by atoms with Crippen molar-refractivity contribution < 1.29 is 4.79 Å². The number of amides is 1. The summed E-state index contributed by atoms with van der Waals surface area (Å²) in [6.07, 6.45) is 6.56. The Balaban J connectivity index is 1.75. The Hall–Kier alpha value is -1.77. The summed E-state index contributed by atoms with van der Waals surface area (Å²) < 4.78 is 0. The van der Waals surface area contributed by atoms with Crippen molar-refractivity contribution in [2.45, 2.75) is 19.8 Å². The fraction of sp³-hybridized carbons (Fsp3) is 0.400. The number of nitrogens with two attached hydrogens (primary N) is 1. The van der Waals surface area contributed by atoms with Gasteiger partial charge in [0.05, 0.1) is 11.4 Å². The maximum Gasteiger partial charge on any atom is 0.228 e. The number of aryl methyl sites for hydroxylation is 1. The van der Waals surface area contributed by atoms with Gasteiger partial charge in [0.1, 0.15) is 0 Å². The van der Waals surface area contributed by atoms with E-state index < -0.39 is 0 Å². The van der Waals surface area contributed by atoms with Crippen molar-refractivity contribution in [1.82, 2.24) is 0 Å². The molecule has 1 aromatic rings. The number of carbonyl (C=O) groups is 1. The predicted octanol–water partition coefficient (Wildman–Crippen LogP) is 2.73. The topological polar surface area (TPSA) is 55.1 Å². The van der Waals surface area contributed by atoms with Gasteiger partial charge in [-0.25, -0.2) is 0 Å². The van der Waals surface area contributed by atoms with Gasteiger partial charge in [-0.05, 0) is 49.3 Å². The summed E-state index contributed by atoms with van der Waals surface area (Å²) in [4.78, 5) is 12.3. The lowest BCUT2D eigenvalue weighted by molar-refractivity contribution is -0.120. The van der Waals surface area contributed by atoms with Crippen LogP contribution in [0.4, 0.5) is 11.4 Å². The Morgan fingerprint density at radius 3 is 2.83 bits per heavy atom. The molecule has 1 fully saturated rings. The Kier molecular flexibility index (Phi) is 2.62. The van der Waals surface area contributed by atoms with Crippen LogP contribution in [0.5, 0.6) is 0 Å². The van der Waals surface area contributed by atoms with Gasteiger partial charge < -0.3 is 11.1 Å². The number of hydrogen-bond acceptors (Lipinski definition) is 2. The molecule has 1 saturated carbocycles. The highest BCUT2D eigenvalue weighted by atomic mass is 16.1. The van der Waals surface area contributed by atoms with Gasteiger partial charge in [0.2, 0.25) is 5.91 Å². The summed E-state index contributed by atoms with van der Waals surface area (Å²) in [7, 11) is 0. The van der Waals surface area contributed by atoms with Crippen LogP contribution in [0.25, 0.3) is 0 Å². The highest BCUT2D eigenvalue weighted by molar-refractivity contribution is 5.96. The first-order valence-electron chi connectivity index (χ1n) is 6.49. The lowest BCUT2D eigenvalue weighted by Crippen LogP contribution is -2.26. The number of benzene rings is 1. The Bertz CT molecular complexity index is 521. The molecule has 3 heteroatoms. The van der Waals surface area contributed by atoms with Crippen molar-refractivity contribution >= 4 is 17.3 Å². The summed E-state index contributed by atoms with van der Waals surface area (Å²) in [6, 6.07) is 5.72. The van der Waals surface area contributed by atoms with Crippen LogP contribution >= 0.6 is 0 Å². The zero-order valence-electron chi connectivity index (χ0n) is 10.5. The van der Waals surface area contributed by atoms with Crippen LogP contribution in [0.2, 0.25) is 0 Å². The second-order valence-electron chi connectivity index (χ2n) is 5.47. The van der Waals surface area contributed by atoms with Gasteiger partial charge in [-0.3, -0.25) is 4.79 Å². The third-order valence-corrected chi connectivity index (χ3v) is 4.08. The monoisotopic (exact) mass is 242 g/mol. The first-order chi connectivity index (χ1) is 8.63. The average molecular weight is 242 g/mol. The number of hydrogen-bond donors (Lipinski definition) is 2. The number of nitrogen functional groups attached to an aromatic ring is 1. The fourth-order valence-corrected chi connectivity index (χ4v) is 3.09. The van der Waals surface area contributed by atoms with Crippen molar-refractivity contribution in [3.05, 3.63) is 35.9 Å². The van der Waals surface area contributed by atoms with Crippen LogP contribution < -0.4 is 11.1 Å². The molecule has 0 aromatic heterocycles. The van der Waals surface area contributed by atoms with Crippen LogP contribution in [-0.2, 0) is 4.79 Å². The van der Waals surface area contributed by atoms with Crippen molar-refractivity contribution in [3.8, 4) is 0 Å². The van der Waals surface area contributed by atoms with Crippen molar-refractivity contribution in [1.29, 1.82) is 0 Å². The molecule has 2 aliphatic rings. The number of anilines is 2. The van der Waals surface area contributed by atoms with Crippen molar-refractivity contribution in [2.24, 2.45) is 17.8 Å². The third kappa shape index (κ3) is 1.90. The van der Waals surface area contributed by atoms with Crippen molar-refractivity contribution in [2.75, 3.05) is 11.1 Å². The summed E-state index contributed by atoms with van der Waals surface area (Å²) in [5, 5.41) is 2.98. The number of allylic oxidation sites excluding steroid dienone is 2. The van der Waals surface area contributed by atoms with Gasteiger partial charge in [0.25, 0.3) is 0 Å². The fourth-order valence-electron chi connectivity index (χ4n) is 3.09. The van der Waals surface area contributed by atoms with E-state index in [9.17, 15) is 4.79 Å². The minimum absolute atomic E-state index is 0.115. The molecule has 94 valence electrons. The highest BCUT2D eigenvalue weighted by Crippen LogP contribution is 2.43. The minimum Gasteiger partial charge on any atom is -0.397 e. The molecule has 0 saturated heterocycles. The number of carbonyl (C=O) groups excluding carboxylic acids is 1. The summed E-state index contributed by atoms with van der Waals surface area (Å²) in [5.41, 5.74) is 8.36. The summed E-state index contributed by atoms with van der Waals surface area (Å²) >= 11 is 0. The summed E-state index contributed by atoms with van der Waals surface area (Å²) in [5.74, 6) is 1.28. The van der Waals surface area contributed by atoms with E-state index in [1.54, 1.807) is 0 Å². The molecule has 1 aromatic carbocycles. The van der Waals surface area contributed by atoms with Crippen LogP contribution in [-0.4, -0.2) is 5.91 Å². The van der Waals surface area contributed by atoms with E-state index in [0.29, 0.717) is 17.5 Å². The molecule has 0 spiro atoms. The smallest absolute Gasteiger partial charge is 0.228 e. The van der Waals surface area contributed by atoms with E-state index in [2.05, 4.69) is 17.5 Å². The molecule has 0 radical (unpaired) electrons. The van der Waals surface area contributed by atoms with Gasteiger partial charge in [-0.2, -0.15) is 0 Å². The van der Waals surface area contributed by atoms with Gasteiger partial charge in [-0.1, -0.05) is 18.2 Å². The number of fused-ring (bicyclic) bond motifs is 2. The van der Waals surface area contributed by atoms with E-state index in [-0.39, 0.29) is 11.8 Å². The zero-order chi connectivity index (χ0) is 12.7. The van der Waals surface area contributed by atoms with E-state index in [4.69, 9.17) is 5.73 Å². The maximum absolute atomic E-state index is 12.3. The average Bonchev–Trinajstić information content (AvgIpc) is 2.96. The maximum atomic E-state index is 12.3. The summed E-state index contributed by atoms with van der Waals surface area (Å²) in [6.45, 7) is 2.00. The normalized spacial score (nSPS) is 28.6. The molecule has 18 heavy (non-hydrogen) atoms. The van der Waals surface area contributed by atoms with Crippen LogP contribution in [0.15, 0.2) is 30.4 Å². The SMILES string of the molecule is Cc1ccc(N)c(NC(=O)C2CC3C=CC2C3)c1. The molecule has 2 bridgehead atoms. The van der Waals surface area contributed by atoms with Gasteiger partial charge >= 0.3 is 0 Å². The number of nitrogens with one attached hydrogen (secondary N) is 1. The van der Waals surface area contributed by atoms with Crippen LogP contribution in [0.3, 0.4) is 0 Å². The lowest BCUT2D eigenvalue weighted by atomic mass is 9.92. The molecule has 3 N–H and O–H groups in total.